The topological polar surface area (TPSA) is 80.5 Å². The Morgan fingerprint density at radius 3 is 2.57 bits per heavy atom. The largest absolute Gasteiger partial charge is 0.341 e. The van der Waals surface area contributed by atoms with Crippen molar-refractivity contribution in [3.05, 3.63) is 28.7 Å². The van der Waals surface area contributed by atoms with E-state index in [1.807, 2.05) is 0 Å². The zero-order valence-corrected chi connectivity index (χ0v) is 14.2. The van der Waals surface area contributed by atoms with Crippen molar-refractivity contribution in [1.29, 1.82) is 0 Å². The van der Waals surface area contributed by atoms with Gasteiger partial charge in [0.2, 0.25) is 5.91 Å². The summed E-state index contributed by atoms with van der Waals surface area (Å²) in [6.07, 6.45) is 0.776. The molecule has 0 aliphatic carbocycles. The summed E-state index contributed by atoms with van der Waals surface area (Å²) in [5.41, 5.74) is 5.78. The van der Waals surface area contributed by atoms with Crippen LogP contribution in [0.1, 0.15) is 13.3 Å². The molecule has 0 bridgehead atoms. The van der Waals surface area contributed by atoms with Gasteiger partial charge in [0.1, 0.15) is 0 Å². The summed E-state index contributed by atoms with van der Waals surface area (Å²) in [6, 6.07) is 6.45. The number of nitrogens with two attached hydrogens (primary N) is 1. The van der Waals surface area contributed by atoms with Crippen LogP contribution in [0.4, 0.5) is 0 Å². The second-order valence-corrected chi connectivity index (χ2v) is 8.42. The van der Waals surface area contributed by atoms with Crippen LogP contribution in [0.2, 0.25) is 0 Å². The van der Waals surface area contributed by atoms with Crippen LogP contribution in [0.3, 0.4) is 0 Å². The SMILES string of the molecule is C[C@@H](CS(=O)(=O)c1ccc(Br)cc1)C(=O)N1CC[C@@H](N)C1. The van der Waals surface area contributed by atoms with Crippen LogP contribution in [-0.2, 0) is 14.6 Å². The molecule has 1 heterocycles. The minimum Gasteiger partial charge on any atom is -0.341 e. The molecule has 2 N–H and O–H groups in total. The first-order valence-electron chi connectivity index (χ1n) is 6.82. The van der Waals surface area contributed by atoms with Crippen molar-refractivity contribution >= 4 is 31.7 Å². The Balaban J connectivity index is 2.05. The average molecular weight is 375 g/mol. The molecule has 5 nitrogen and oxygen atoms in total. The van der Waals surface area contributed by atoms with Crippen LogP contribution in [0.5, 0.6) is 0 Å². The normalized spacial score (nSPS) is 20.5. The third-order valence-electron chi connectivity index (χ3n) is 3.60. The van der Waals surface area contributed by atoms with E-state index < -0.39 is 15.8 Å². The first kappa shape index (κ1) is 16.5. The molecule has 1 aliphatic rings. The maximum atomic E-state index is 12.3. The van der Waals surface area contributed by atoms with Crippen molar-refractivity contribution < 1.29 is 13.2 Å². The maximum Gasteiger partial charge on any atom is 0.226 e. The Morgan fingerprint density at radius 1 is 1.43 bits per heavy atom. The fourth-order valence-electron chi connectivity index (χ4n) is 2.44. The number of sulfone groups is 1. The molecular formula is C14H19BrN2O3S. The van der Waals surface area contributed by atoms with Gasteiger partial charge in [-0.2, -0.15) is 0 Å². The zero-order valence-electron chi connectivity index (χ0n) is 11.8. The van der Waals surface area contributed by atoms with E-state index in [-0.39, 0.29) is 22.6 Å². The lowest BCUT2D eigenvalue weighted by molar-refractivity contribution is -0.133. The Hall–Kier alpha value is -0.920. The van der Waals surface area contributed by atoms with Gasteiger partial charge in [-0.3, -0.25) is 4.79 Å². The number of rotatable bonds is 4. The molecule has 21 heavy (non-hydrogen) atoms. The van der Waals surface area contributed by atoms with E-state index in [0.29, 0.717) is 13.1 Å². The van der Waals surface area contributed by atoms with Crippen LogP contribution in [-0.4, -0.2) is 44.1 Å². The molecular weight excluding hydrogens is 356 g/mol. The summed E-state index contributed by atoms with van der Waals surface area (Å²) in [5, 5.41) is 0. The molecule has 2 atom stereocenters. The molecule has 2 rings (SSSR count). The average Bonchev–Trinajstić information content (AvgIpc) is 2.84. The third kappa shape index (κ3) is 4.05. The predicted molar refractivity (Wildman–Crippen MR) is 84.5 cm³/mol. The second-order valence-electron chi connectivity index (χ2n) is 5.47. The number of hydrogen-bond acceptors (Lipinski definition) is 4. The van der Waals surface area contributed by atoms with E-state index >= 15 is 0 Å². The molecule has 116 valence electrons. The lowest BCUT2D eigenvalue weighted by Crippen LogP contribution is -2.37. The number of nitrogens with zero attached hydrogens (tertiary/aromatic N) is 1. The van der Waals surface area contributed by atoms with Crippen LogP contribution < -0.4 is 5.73 Å². The van der Waals surface area contributed by atoms with Crippen LogP contribution in [0.25, 0.3) is 0 Å². The number of carbonyl (C=O) groups is 1. The molecule has 1 fully saturated rings. The van der Waals surface area contributed by atoms with E-state index in [1.165, 1.54) is 0 Å². The van der Waals surface area contributed by atoms with E-state index in [2.05, 4.69) is 15.9 Å². The van der Waals surface area contributed by atoms with Gasteiger partial charge in [0.25, 0.3) is 0 Å². The van der Waals surface area contributed by atoms with Gasteiger partial charge in [0.15, 0.2) is 9.84 Å². The van der Waals surface area contributed by atoms with E-state index in [4.69, 9.17) is 5.73 Å². The molecule has 1 amide bonds. The van der Waals surface area contributed by atoms with Crippen molar-refractivity contribution in [2.75, 3.05) is 18.8 Å². The molecule has 0 aromatic heterocycles. The van der Waals surface area contributed by atoms with Crippen molar-refractivity contribution in [1.82, 2.24) is 4.90 Å². The number of amides is 1. The molecule has 0 spiro atoms. The summed E-state index contributed by atoms with van der Waals surface area (Å²) >= 11 is 3.27. The van der Waals surface area contributed by atoms with Gasteiger partial charge in [0.05, 0.1) is 10.6 Å². The quantitative estimate of drug-likeness (QED) is 0.863. The van der Waals surface area contributed by atoms with Gasteiger partial charge in [0, 0.05) is 29.5 Å². The Bertz CT molecular complexity index is 616. The molecule has 1 aliphatic heterocycles. The molecule has 0 saturated carbocycles. The number of benzene rings is 1. The van der Waals surface area contributed by atoms with Gasteiger partial charge >= 0.3 is 0 Å². The second kappa shape index (κ2) is 6.46. The number of carbonyl (C=O) groups excluding carboxylic acids is 1. The van der Waals surface area contributed by atoms with Crippen LogP contribution >= 0.6 is 15.9 Å². The lowest BCUT2D eigenvalue weighted by Gasteiger charge is -2.20. The molecule has 1 saturated heterocycles. The van der Waals surface area contributed by atoms with Crippen molar-refractivity contribution in [2.24, 2.45) is 11.7 Å². The smallest absolute Gasteiger partial charge is 0.226 e. The predicted octanol–water partition coefficient (Wildman–Crippen LogP) is 1.42. The highest BCUT2D eigenvalue weighted by molar-refractivity contribution is 9.10. The minimum atomic E-state index is -3.46. The molecule has 1 aromatic carbocycles. The highest BCUT2D eigenvalue weighted by atomic mass is 79.9. The van der Waals surface area contributed by atoms with E-state index in [9.17, 15) is 13.2 Å². The van der Waals surface area contributed by atoms with E-state index in [0.717, 1.165) is 10.9 Å². The fraction of sp³-hybridized carbons (Fsp3) is 0.500. The van der Waals surface area contributed by atoms with Gasteiger partial charge in [-0.15, -0.1) is 0 Å². The Morgan fingerprint density at radius 2 is 2.05 bits per heavy atom. The molecule has 1 aromatic rings. The highest BCUT2D eigenvalue weighted by Crippen LogP contribution is 2.19. The maximum absolute atomic E-state index is 12.3. The first-order chi connectivity index (χ1) is 9.79. The number of likely N-dealkylation sites (tertiary alicyclic amines) is 1. The number of halogens is 1. The lowest BCUT2D eigenvalue weighted by atomic mass is 10.2. The van der Waals surface area contributed by atoms with Crippen molar-refractivity contribution in [2.45, 2.75) is 24.3 Å². The van der Waals surface area contributed by atoms with E-state index in [1.54, 1.807) is 36.1 Å². The highest BCUT2D eigenvalue weighted by Gasteiger charge is 2.30. The monoisotopic (exact) mass is 374 g/mol. The molecule has 7 heteroatoms. The summed E-state index contributed by atoms with van der Waals surface area (Å²) in [6.45, 7) is 2.78. The Kier molecular flexibility index (Phi) is 5.06. The third-order valence-corrected chi connectivity index (χ3v) is 6.06. The standard InChI is InChI=1S/C14H19BrN2O3S/c1-10(14(18)17-7-6-12(16)8-17)9-21(19,20)13-4-2-11(15)3-5-13/h2-5,10,12H,6-9,16H2,1H3/t10-,12+/m0/s1. The summed E-state index contributed by atoms with van der Waals surface area (Å²) in [7, 11) is -3.46. The van der Waals surface area contributed by atoms with Crippen LogP contribution in [0, 0.1) is 5.92 Å². The molecule has 0 radical (unpaired) electrons. The van der Waals surface area contributed by atoms with Crippen molar-refractivity contribution in [3.8, 4) is 0 Å². The zero-order chi connectivity index (χ0) is 15.6. The first-order valence-corrected chi connectivity index (χ1v) is 9.27. The van der Waals surface area contributed by atoms with Gasteiger partial charge in [-0.1, -0.05) is 22.9 Å². The minimum absolute atomic E-state index is 0.00392. The van der Waals surface area contributed by atoms with Crippen molar-refractivity contribution in [3.63, 3.8) is 0 Å². The van der Waals surface area contributed by atoms with Gasteiger partial charge in [-0.05, 0) is 30.7 Å². The summed E-state index contributed by atoms with van der Waals surface area (Å²) < 4.78 is 25.5. The van der Waals surface area contributed by atoms with Gasteiger partial charge in [-0.25, -0.2) is 8.42 Å². The number of hydrogen-bond donors (Lipinski definition) is 1. The Labute approximate surface area is 133 Å². The fourth-order valence-corrected chi connectivity index (χ4v) is 4.25. The van der Waals surface area contributed by atoms with Crippen LogP contribution in [0.15, 0.2) is 33.6 Å². The van der Waals surface area contributed by atoms with Gasteiger partial charge < -0.3 is 10.6 Å². The summed E-state index contributed by atoms with van der Waals surface area (Å²) in [5.74, 6) is -0.883. The molecule has 0 unspecified atom stereocenters. The summed E-state index contributed by atoms with van der Waals surface area (Å²) in [4.78, 5) is 14.2.